The molecule has 1 aromatic rings. The van der Waals surface area contributed by atoms with Gasteiger partial charge in [-0.15, -0.1) is 0 Å². The Bertz CT molecular complexity index is 435. The molecule has 0 atom stereocenters. The number of nitrogens with one attached hydrogen (secondary N) is 1. The van der Waals surface area contributed by atoms with Gasteiger partial charge in [0.25, 0.3) is 5.91 Å². The molecule has 1 heterocycles. The highest BCUT2D eigenvalue weighted by Gasteiger charge is 2.11. The third-order valence-electron chi connectivity index (χ3n) is 2.08. The first-order valence-corrected chi connectivity index (χ1v) is 5.39. The summed E-state index contributed by atoms with van der Waals surface area (Å²) < 4.78 is 4.45. The van der Waals surface area contributed by atoms with E-state index in [4.69, 9.17) is 11.6 Å². The fourth-order valence-electron chi connectivity index (χ4n) is 1.17. The van der Waals surface area contributed by atoms with Gasteiger partial charge in [-0.2, -0.15) is 0 Å². The summed E-state index contributed by atoms with van der Waals surface area (Å²) in [6, 6.07) is 1.61. The van der Waals surface area contributed by atoms with E-state index in [1.807, 2.05) is 0 Å². The van der Waals surface area contributed by atoms with Crippen LogP contribution in [0.1, 0.15) is 22.5 Å². The van der Waals surface area contributed by atoms with Crippen LogP contribution in [0.15, 0.2) is 12.3 Å². The van der Waals surface area contributed by atoms with Gasteiger partial charge in [-0.3, -0.25) is 14.6 Å². The Hall–Kier alpha value is -1.62. The molecular weight excluding hydrogens is 244 g/mol. The van der Waals surface area contributed by atoms with E-state index < -0.39 is 0 Å². The number of nitrogens with zero attached hydrogens (tertiary/aromatic N) is 1. The van der Waals surface area contributed by atoms with Crippen LogP contribution in [-0.4, -0.2) is 30.5 Å². The first-order valence-electron chi connectivity index (χ1n) is 5.01. The Morgan fingerprint density at radius 1 is 1.53 bits per heavy atom. The summed E-state index contributed by atoms with van der Waals surface area (Å²) in [5.74, 6) is -0.732. The lowest BCUT2D eigenvalue weighted by Gasteiger charge is -2.06. The molecule has 0 aliphatic carbocycles. The minimum absolute atomic E-state index is 0.124. The number of carbonyl (C=O) groups is 2. The Balaban J connectivity index is 2.55. The van der Waals surface area contributed by atoms with Crippen molar-refractivity contribution in [2.24, 2.45) is 0 Å². The van der Waals surface area contributed by atoms with Crippen LogP contribution in [0.25, 0.3) is 0 Å². The molecule has 0 saturated heterocycles. The quantitative estimate of drug-likeness (QED) is 0.826. The fraction of sp³-hybridized carbons (Fsp3) is 0.364. The molecule has 5 nitrogen and oxygen atoms in total. The summed E-state index contributed by atoms with van der Waals surface area (Å²) in [5.41, 5.74) is 1.03. The van der Waals surface area contributed by atoms with Gasteiger partial charge in [0, 0.05) is 18.4 Å². The number of amides is 1. The van der Waals surface area contributed by atoms with Crippen molar-refractivity contribution < 1.29 is 14.3 Å². The molecule has 6 heteroatoms. The Labute approximate surface area is 104 Å². The van der Waals surface area contributed by atoms with Gasteiger partial charge in [0.05, 0.1) is 24.1 Å². The number of hydrogen-bond donors (Lipinski definition) is 1. The van der Waals surface area contributed by atoms with Crippen LogP contribution in [-0.2, 0) is 9.53 Å². The van der Waals surface area contributed by atoms with E-state index in [-0.39, 0.29) is 24.8 Å². The predicted octanol–water partition coefficient (Wildman–Crippen LogP) is 1.34. The number of aromatic nitrogens is 1. The molecular formula is C11H13ClN2O3. The monoisotopic (exact) mass is 256 g/mol. The van der Waals surface area contributed by atoms with Crippen molar-refractivity contribution in [3.8, 4) is 0 Å². The van der Waals surface area contributed by atoms with E-state index in [1.54, 1.807) is 13.0 Å². The standard InChI is InChI=1S/C11H13ClN2O3/c1-7-5-9(12)8(6-14-7)11(16)13-4-3-10(15)17-2/h5-6H,3-4H2,1-2H3,(H,13,16). The molecule has 92 valence electrons. The molecule has 0 aliphatic heterocycles. The van der Waals surface area contributed by atoms with Crippen molar-refractivity contribution in [1.29, 1.82) is 0 Å². The number of carbonyl (C=O) groups excluding carboxylic acids is 2. The van der Waals surface area contributed by atoms with Crippen molar-refractivity contribution in [1.82, 2.24) is 10.3 Å². The summed E-state index contributed by atoms with van der Waals surface area (Å²) in [6.07, 6.45) is 1.53. The fourth-order valence-corrected chi connectivity index (χ4v) is 1.46. The number of pyridine rings is 1. The molecule has 0 aliphatic rings. The molecule has 0 radical (unpaired) electrons. The molecule has 0 spiro atoms. The zero-order valence-electron chi connectivity index (χ0n) is 9.62. The lowest BCUT2D eigenvalue weighted by molar-refractivity contribution is -0.140. The van der Waals surface area contributed by atoms with E-state index in [2.05, 4.69) is 15.0 Å². The Morgan fingerprint density at radius 2 is 2.24 bits per heavy atom. The van der Waals surface area contributed by atoms with Crippen LogP contribution in [0.4, 0.5) is 0 Å². The largest absolute Gasteiger partial charge is 0.469 e. The van der Waals surface area contributed by atoms with Gasteiger partial charge in [-0.1, -0.05) is 11.6 Å². The van der Waals surface area contributed by atoms with Crippen LogP contribution in [0.3, 0.4) is 0 Å². The van der Waals surface area contributed by atoms with Crippen molar-refractivity contribution in [2.75, 3.05) is 13.7 Å². The lowest BCUT2D eigenvalue weighted by Crippen LogP contribution is -2.26. The zero-order chi connectivity index (χ0) is 12.8. The van der Waals surface area contributed by atoms with E-state index in [0.29, 0.717) is 10.6 Å². The number of halogens is 1. The summed E-state index contributed by atoms with van der Waals surface area (Å²) >= 11 is 5.90. The van der Waals surface area contributed by atoms with Crippen LogP contribution in [0, 0.1) is 6.92 Å². The molecule has 0 fully saturated rings. The van der Waals surface area contributed by atoms with E-state index in [9.17, 15) is 9.59 Å². The summed E-state index contributed by atoms with van der Waals surface area (Å²) in [5, 5.41) is 2.90. The highest BCUT2D eigenvalue weighted by atomic mass is 35.5. The number of aryl methyl sites for hydroxylation is 1. The van der Waals surface area contributed by atoms with Crippen LogP contribution in [0.2, 0.25) is 5.02 Å². The molecule has 1 aromatic heterocycles. The zero-order valence-corrected chi connectivity index (χ0v) is 10.4. The van der Waals surface area contributed by atoms with Crippen molar-refractivity contribution in [3.05, 3.63) is 28.5 Å². The van der Waals surface area contributed by atoms with Gasteiger partial charge in [0.2, 0.25) is 0 Å². The number of methoxy groups -OCH3 is 1. The van der Waals surface area contributed by atoms with Gasteiger partial charge < -0.3 is 10.1 Å². The van der Waals surface area contributed by atoms with Crippen molar-refractivity contribution >= 4 is 23.5 Å². The molecule has 1 amide bonds. The third kappa shape index (κ3) is 4.03. The van der Waals surface area contributed by atoms with Gasteiger partial charge in [0.15, 0.2) is 0 Å². The molecule has 17 heavy (non-hydrogen) atoms. The maximum atomic E-state index is 11.7. The number of hydrogen-bond acceptors (Lipinski definition) is 4. The second-order valence-electron chi connectivity index (χ2n) is 3.39. The number of esters is 1. The molecule has 0 bridgehead atoms. The first-order chi connectivity index (χ1) is 8.04. The summed E-state index contributed by atoms with van der Waals surface area (Å²) in [7, 11) is 1.30. The maximum absolute atomic E-state index is 11.7. The van der Waals surface area contributed by atoms with Gasteiger partial charge in [0.1, 0.15) is 0 Å². The molecule has 1 N–H and O–H groups in total. The third-order valence-corrected chi connectivity index (χ3v) is 2.39. The average molecular weight is 257 g/mol. The second-order valence-corrected chi connectivity index (χ2v) is 3.79. The van der Waals surface area contributed by atoms with Crippen molar-refractivity contribution in [3.63, 3.8) is 0 Å². The summed E-state index contributed by atoms with van der Waals surface area (Å²) in [6.45, 7) is 1.99. The van der Waals surface area contributed by atoms with Crippen LogP contribution >= 0.6 is 11.6 Å². The summed E-state index contributed by atoms with van der Waals surface area (Å²) in [4.78, 5) is 26.5. The highest BCUT2D eigenvalue weighted by molar-refractivity contribution is 6.33. The van der Waals surface area contributed by atoms with Gasteiger partial charge >= 0.3 is 5.97 Å². The molecule has 1 rings (SSSR count). The van der Waals surface area contributed by atoms with E-state index >= 15 is 0 Å². The Morgan fingerprint density at radius 3 is 2.82 bits per heavy atom. The molecule has 0 saturated carbocycles. The number of rotatable bonds is 4. The normalized spacial score (nSPS) is 9.82. The number of ether oxygens (including phenoxy) is 1. The highest BCUT2D eigenvalue weighted by Crippen LogP contribution is 2.15. The van der Waals surface area contributed by atoms with Gasteiger partial charge in [-0.25, -0.2) is 0 Å². The van der Waals surface area contributed by atoms with E-state index in [1.165, 1.54) is 13.3 Å². The molecule has 0 unspecified atom stereocenters. The van der Waals surface area contributed by atoms with E-state index in [0.717, 1.165) is 5.69 Å². The topological polar surface area (TPSA) is 68.3 Å². The maximum Gasteiger partial charge on any atom is 0.307 e. The lowest BCUT2D eigenvalue weighted by atomic mass is 10.2. The molecule has 0 aromatic carbocycles. The smallest absolute Gasteiger partial charge is 0.307 e. The average Bonchev–Trinajstić information content (AvgIpc) is 2.28. The Kier molecular flexibility index (Phi) is 4.90. The van der Waals surface area contributed by atoms with Crippen LogP contribution < -0.4 is 5.32 Å². The van der Waals surface area contributed by atoms with Gasteiger partial charge in [-0.05, 0) is 13.0 Å². The first kappa shape index (κ1) is 13.4. The van der Waals surface area contributed by atoms with Crippen molar-refractivity contribution in [2.45, 2.75) is 13.3 Å². The predicted molar refractivity (Wildman–Crippen MR) is 63.0 cm³/mol. The second kappa shape index (κ2) is 6.20. The van der Waals surface area contributed by atoms with Crippen LogP contribution in [0.5, 0.6) is 0 Å². The SMILES string of the molecule is COC(=O)CCNC(=O)c1cnc(C)cc1Cl. The minimum Gasteiger partial charge on any atom is -0.469 e. The minimum atomic E-state index is -0.376.